The van der Waals surface area contributed by atoms with Crippen LogP contribution in [0.4, 0.5) is 0 Å². The first kappa shape index (κ1) is 17.9. The van der Waals surface area contributed by atoms with Gasteiger partial charge in [-0.05, 0) is 5.56 Å². The number of hydrogen-bond donors (Lipinski definition) is 2. The fraction of sp³-hybridized carbons (Fsp3) is 0.471. The van der Waals surface area contributed by atoms with Crippen LogP contribution in [0.5, 0.6) is 0 Å². The summed E-state index contributed by atoms with van der Waals surface area (Å²) in [4.78, 5) is 38.8. The maximum Gasteiger partial charge on any atom is 0.308 e. The summed E-state index contributed by atoms with van der Waals surface area (Å²) in [5.74, 6) is -2.95. The van der Waals surface area contributed by atoms with Crippen LogP contribution in [-0.2, 0) is 20.9 Å². The third-order valence-corrected chi connectivity index (χ3v) is 4.31. The number of nitrogens with zero attached hydrogens (tertiary/aromatic N) is 2. The third-order valence-electron chi connectivity index (χ3n) is 4.31. The number of nitrogens with one attached hydrogen (secondary N) is 1. The smallest absolute Gasteiger partial charge is 0.308 e. The second-order valence-electron chi connectivity index (χ2n) is 6.10. The highest BCUT2D eigenvalue weighted by atomic mass is 16.4. The Labute approximate surface area is 141 Å². The van der Waals surface area contributed by atoms with Crippen molar-refractivity contribution in [1.29, 1.82) is 0 Å². The fourth-order valence-electron chi connectivity index (χ4n) is 3.01. The monoisotopic (exact) mass is 333 g/mol. The molecule has 1 aromatic carbocycles. The molecule has 1 saturated heterocycles. The molecule has 1 aliphatic heterocycles. The van der Waals surface area contributed by atoms with Gasteiger partial charge < -0.3 is 15.3 Å². The minimum absolute atomic E-state index is 0.0726. The quantitative estimate of drug-likeness (QED) is 0.766. The Bertz CT molecular complexity index is 605. The standard InChI is InChI=1S/C17H23N3O4/c1-18-15(21)11-19(2)16(22)13-9-20(10-14(13)17(23)24)8-12-6-4-3-5-7-12/h3-7,13-14H,8-11H2,1-2H3,(H,18,21)(H,23,24)/t13-,14+/m0/s1. The van der Waals surface area contributed by atoms with E-state index >= 15 is 0 Å². The Morgan fingerprint density at radius 1 is 1.21 bits per heavy atom. The maximum atomic E-state index is 12.6. The van der Waals surface area contributed by atoms with Crippen LogP contribution in [0.3, 0.4) is 0 Å². The highest BCUT2D eigenvalue weighted by Crippen LogP contribution is 2.27. The van der Waals surface area contributed by atoms with Gasteiger partial charge in [-0.2, -0.15) is 0 Å². The number of carboxylic acid groups (broad SMARTS) is 1. The molecule has 2 amide bonds. The fourth-order valence-corrected chi connectivity index (χ4v) is 3.01. The predicted molar refractivity (Wildman–Crippen MR) is 88.0 cm³/mol. The Hall–Kier alpha value is -2.41. The van der Waals surface area contributed by atoms with Gasteiger partial charge in [-0.25, -0.2) is 0 Å². The number of benzene rings is 1. The second kappa shape index (κ2) is 7.92. The number of aliphatic carboxylic acids is 1. The van der Waals surface area contributed by atoms with E-state index in [0.29, 0.717) is 19.6 Å². The lowest BCUT2D eigenvalue weighted by Gasteiger charge is -2.22. The average molecular weight is 333 g/mol. The van der Waals surface area contributed by atoms with Gasteiger partial charge in [0, 0.05) is 33.7 Å². The van der Waals surface area contributed by atoms with Crippen molar-refractivity contribution in [3.63, 3.8) is 0 Å². The maximum absolute atomic E-state index is 12.6. The van der Waals surface area contributed by atoms with Crippen LogP contribution < -0.4 is 5.32 Å². The van der Waals surface area contributed by atoms with E-state index in [1.165, 1.54) is 19.0 Å². The van der Waals surface area contributed by atoms with Crippen LogP contribution in [0.25, 0.3) is 0 Å². The van der Waals surface area contributed by atoms with Gasteiger partial charge in [-0.15, -0.1) is 0 Å². The number of carbonyl (C=O) groups is 3. The molecular weight excluding hydrogens is 310 g/mol. The second-order valence-corrected chi connectivity index (χ2v) is 6.10. The summed E-state index contributed by atoms with van der Waals surface area (Å²) in [5, 5.41) is 11.9. The van der Waals surface area contributed by atoms with Crippen LogP contribution in [0, 0.1) is 11.8 Å². The van der Waals surface area contributed by atoms with Gasteiger partial charge in [0.05, 0.1) is 18.4 Å². The molecular formula is C17H23N3O4. The summed E-state index contributed by atoms with van der Waals surface area (Å²) < 4.78 is 0. The van der Waals surface area contributed by atoms with E-state index in [1.54, 1.807) is 0 Å². The van der Waals surface area contributed by atoms with Crippen molar-refractivity contribution in [2.24, 2.45) is 11.8 Å². The van der Waals surface area contributed by atoms with Crippen molar-refractivity contribution in [1.82, 2.24) is 15.1 Å². The lowest BCUT2D eigenvalue weighted by Crippen LogP contribution is -2.43. The molecule has 0 bridgehead atoms. The zero-order valence-electron chi connectivity index (χ0n) is 13.9. The molecule has 0 aromatic heterocycles. The van der Waals surface area contributed by atoms with E-state index in [4.69, 9.17) is 0 Å². The normalized spacial score (nSPS) is 20.6. The molecule has 1 aliphatic rings. The van der Waals surface area contributed by atoms with Crippen molar-refractivity contribution < 1.29 is 19.5 Å². The van der Waals surface area contributed by atoms with E-state index < -0.39 is 17.8 Å². The molecule has 24 heavy (non-hydrogen) atoms. The molecule has 0 saturated carbocycles. The molecule has 1 fully saturated rings. The highest BCUT2D eigenvalue weighted by molar-refractivity contribution is 5.89. The van der Waals surface area contributed by atoms with Crippen molar-refractivity contribution in [3.05, 3.63) is 35.9 Å². The SMILES string of the molecule is CNC(=O)CN(C)C(=O)[C@H]1CN(Cc2ccccc2)C[C@H]1C(=O)O. The van der Waals surface area contributed by atoms with Gasteiger partial charge in [0.1, 0.15) is 0 Å². The molecule has 7 nitrogen and oxygen atoms in total. The summed E-state index contributed by atoms with van der Waals surface area (Å²) >= 11 is 0. The van der Waals surface area contributed by atoms with Crippen LogP contribution in [0.2, 0.25) is 0 Å². The minimum atomic E-state index is -0.975. The van der Waals surface area contributed by atoms with Crippen LogP contribution >= 0.6 is 0 Å². The van der Waals surface area contributed by atoms with E-state index in [-0.39, 0.29) is 18.4 Å². The van der Waals surface area contributed by atoms with E-state index in [0.717, 1.165) is 5.56 Å². The van der Waals surface area contributed by atoms with Crippen molar-refractivity contribution in [3.8, 4) is 0 Å². The number of likely N-dealkylation sites (N-methyl/N-ethyl adjacent to an activating group) is 2. The molecule has 1 aromatic rings. The Kier molecular flexibility index (Phi) is 5.92. The lowest BCUT2D eigenvalue weighted by atomic mass is 9.95. The van der Waals surface area contributed by atoms with Crippen LogP contribution in [0.15, 0.2) is 30.3 Å². The average Bonchev–Trinajstić information content (AvgIpc) is 2.98. The highest BCUT2D eigenvalue weighted by Gasteiger charge is 2.43. The Morgan fingerprint density at radius 2 is 1.83 bits per heavy atom. The molecule has 0 aliphatic carbocycles. The van der Waals surface area contributed by atoms with E-state index in [2.05, 4.69) is 5.32 Å². The molecule has 1 heterocycles. The summed E-state index contributed by atoms with van der Waals surface area (Å²) in [7, 11) is 3.02. The number of likely N-dealkylation sites (tertiary alicyclic amines) is 1. The summed E-state index contributed by atoms with van der Waals surface area (Å²) in [6.45, 7) is 1.24. The van der Waals surface area contributed by atoms with Gasteiger partial charge in [0.25, 0.3) is 0 Å². The number of rotatable bonds is 6. The number of carboxylic acids is 1. The molecule has 0 unspecified atom stereocenters. The molecule has 130 valence electrons. The number of carbonyl (C=O) groups excluding carboxylic acids is 2. The summed E-state index contributed by atoms with van der Waals surface area (Å²) in [5.41, 5.74) is 1.08. The van der Waals surface area contributed by atoms with Gasteiger partial charge in [0.2, 0.25) is 11.8 Å². The van der Waals surface area contributed by atoms with Crippen molar-refractivity contribution >= 4 is 17.8 Å². The topological polar surface area (TPSA) is 90.0 Å². The zero-order chi connectivity index (χ0) is 17.7. The van der Waals surface area contributed by atoms with E-state index in [1.807, 2.05) is 35.2 Å². The molecule has 0 radical (unpaired) electrons. The first-order valence-corrected chi connectivity index (χ1v) is 7.87. The van der Waals surface area contributed by atoms with E-state index in [9.17, 15) is 19.5 Å². The molecule has 0 spiro atoms. The molecule has 2 N–H and O–H groups in total. The summed E-state index contributed by atoms with van der Waals surface area (Å²) in [6.07, 6.45) is 0. The zero-order valence-corrected chi connectivity index (χ0v) is 13.9. The molecule has 2 rings (SSSR count). The third kappa shape index (κ3) is 4.32. The van der Waals surface area contributed by atoms with Crippen LogP contribution in [-0.4, -0.2) is 66.4 Å². The Balaban J connectivity index is 2.05. The van der Waals surface area contributed by atoms with Gasteiger partial charge in [0.15, 0.2) is 0 Å². The number of amides is 2. The van der Waals surface area contributed by atoms with Gasteiger partial charge in [-0.3, -0.25) is 19.3 Å². The van der Waals surface area contributed by atoms with Crippen molar-refractivity contribution in [2.75, 3.05) is 33.7 Å². The first-order chi connectivity index (χ1) is 11.4. The minimum Gasteiger partial charge on any atom is -0.481 e. The van der Waals surface area contributed by atoms with Gasteiger partial charge in [-0.1, -0.05) is 30.3 Å². The Morgan fingerprint density at radius 3 is 2.42 bits per heavy atom. The molecule has 2 atom stereocenters. The lowest BCUT2D eigenvalue weighted by molar-refractivity contribution is -0.148. The van der Waals surface area contributed by atoms with Crippen LogP contribution in [0.1, 0.15) is 5.56 Å². The van der Waals surface area contributed by atoms with Gasteiger partial charge >= 0.3 is 5.97 Å². The summed E-state index contributed by atoms with van der Waals surface area (Å²) in [6, 6.07) is 9.73. The van der Waals surface area contributed by atoms with Crippen molar-refractivity contribution in [2.45, 2.75) is 6.54 Å². The first-order valence-electron chi connectivity index (χ1n) is 7.87. The largest absolute Gasteiger partial charge is 0.481 e. The molecule has 7 heteroatoms. The predicted octanol–water partition coefficient (Wildman–Crippen LogP) is 0.0236. The number of hydrogen-bond acceptors (Lipinski definition) is 4.